The normalized spacial score (nSPS) is 19.1. The number of aliphatic imine (C=N–C) groups is 1. The lowest BCUT2D eigenvalue weighted by atomic mass is 9.45. The molecule has 4 aliphatic rings. The average molecular weight is 657 g/mol. The number of ether oxygens (including phenoxy) is 2. The van der Waals surface area contributed by atoms with Crippen molar-refractivity contribution < 1.29 is 36.9 Å². The van der Waals surface area contributed by atoms with Crippen LogP contribution in [0.25, 0.3) is 11.3 Å². The first kappa shape index (κ1) is 30.8. The number of anilines is 1. The van der Waals surface area contributed by atoms with Gasteiger partial charge >= 0.3 is 12.8 Å². The van der Waals surface area contributed by atoms with Gasteiger partial charge in [0.25, 0.3) is 5.91 Å². The summed E-state index contributed by atoms with van der Waals surface area (Å²) in [5.74, 6) is -1.37. The zero-order valence-electron chi connectivity index (χ0n) is 24.5. The maximum Gasteiger partial charge on any atom is 0.355 e. The summed E-state index contributed by atoms with van der Waals surface area (Å²) in [6.45, 7) is -2.97. The van der Waals surface area contributed by atoms with Crippen LogP contribution in [0.4, 0.5) is 23.2 Å². The number of fused-ring (bicyclic) bond motifs is 1. The summed E-state index contributed by atoms with van der Waals surface area (Å²) in [6.07, 6.45) is 1.93. The van der Waals surface area contributed by atoms with E-state index >= 15 is 0 Å². The van der Waals surface area contributed by atoms with Gasteiger partial charge in [-0.15, -0.1) is 0 Å². The molecule has 0 radical (unpaired) electrons. The molecule has 7 rings (SSSR count). The third-order valence-electron chi connectivity index (χ3n) is 8.80. The van der Waals surface area contributed by atoms with E-state index in [-0.39, 0.29) is 63.4 Å². The summed E-state index contributed by atoms with van der Waals surface area (Å²) in [6, 6.07) is 8.25. The van der Waals surface area contributed by atoms with Gasteiger partial charge in [-0.1, -0.05) is 11.6 Å². The predicted octanol–water partition coefficient (Wildman–Crippen LogP) is 5.01. The van der Waals surface area contributed by atoms with Gasteiger partial charge < -0.3 is 25.6 Å². The molecule has 46 heavy (non-hydrogen) atoms. The molecule has 0 bridgehead atoms. The quantitative estimate of drug-likeness (QED) is 0.122. The van der Waals surface area contributed by atoms with Crippen molar-refractivity contribution in [1.29, 1.82) is 0 Å². The molecule has 1 amide bonds. The Kier molecular flexibility index (Phi) is 7.66. The van der Waals surface area contributed by atoms with Crippen molar-refractivity contribution in [2.45, 2.75) is 62.3 Å². The first-order valence-electron chi connectivity index (χ1n) is 15.2. The molecule has 3 aliphatic carbocycles. The molecule has 1 unspecified atom stereocenters. The molecular weight excluding hydrogens is 627 g/mol. The van der Waals surface area contributed by atoms with Crippen LogP contribution < -0.4 is 26.0 Å². The topological polar surface area (TPSA) is 119 Å². The zero-order valence-corrected chi connectivity index (χ0v) is 25.3. The number of amides is 1. The average Bonchev–Trinajstić information content (AvgIpc) is 3.87. The van der Waals surface area contributed by atoms with Crippen LogP contribution in [-0.2, 0) is 5.60 Å². The number of nitrogens with zero attached hydrogens (tertiary/aromatic N) is 2. The lowest BCUT2D eigenvalue weighted by Crippen LogP contribution is -2.47. The molecule has 2 aromatic carbocycles. The summed E-state index contributed by atoms with van der Waals surface area (Å²) in [4.78, 5) is 22.6. The number of nitrogens with two attached hydrogens (primary N) is 1. The molecule has 1 atom stereocenters. The molecule has 3 fully saturated rings. The maximum atomic E-state index is 14.1. The molecule has 3 saturated carbocycles. The number of pyridine rings is 1. The van der Waals surface area contributed by atoms with Gasteiger partial charge in [-0.2, -0.15) is 13.2 Å². The molecule has 2 heterocycles. The van der Waals surface area contributed by atoms with Crippen LogP contribution in [0.2, 0.25) is 5.02 Å². The van der Waals surface area contributed by atoms with Gasteiger partial charge in [0.1, 0.15) is 28.6 Å². The Labute approximate surface area is 267 Å². The number of aliphatic hydroxyl groups is 1. The summed E-state index contributed by atoms with van der Waals surface area (Å²) < 4.78 is 67.7. The fourth-order valence-electron chi connectivity index (χ4n) is 5.63. The van der Waals surface area contributed by atoms with Crippen LogP contribution in [0.1, 0.15) is 60.1 Å². The van der Waals surface area contributed by atoms with E-state index in [0.717, 1.165) is 31.7 Å². The minimum absolute atomic E-state index is 0.00783. The van der Waals surface area contributed by atoms with Crippen molar-refractivity contribution >= 4 is 41.6 Å². The summed E-state index contributed by atoms with van der Waals surface area (Å²) in [5.41, 5.74) is 5.63. The van der Waals surface area contributed by atoms with Gasteiger partial charge in [0, 0.05) is 22.9 Å². The first-order valence-corrected chi connectivity index (χ1v) is 15.6. The van der Waals surface area contributed by atoms with E-state index in [1.54, 1.807) is 18.3 Å². The Morgan fingerprint density at radius 2 is 1.93 bits per heavy atom. The van der Waals surface area contributed by atoms with E-state index in [0.29, 0.717) is 29.8 Å². The minimum atomic E-state index is -4.64. The molecule has 1 aliphatic heterocycles. The van der Waals surface area contributed by atoms with Crippen molar-refractivity contribution in [3.63, 3.8) is 0 Å². The number of hydrogen-bond donors (Lipinski definition) is 3. The van der Waals surface area contributed by atoms with Gasteiger partial charge in [-0.3, -0.25) is 9.79 Å². The molecule has 240 valence electrons. The highest BCUT2D eigenvalue weighted by atomic mass is 35.5. The second kappa shape index (κ2) is 11.4. The SMILES string of the molecule is Nc1c(C=NC2CC2)cc(C(=O)NCC(O)(c2cc3c(c(-c4ccc(F)c(Cl)c4)n2)OCB3C(F)(F)F)C2CC2)cc1OC1CC1. The number of rotatable bonds is 10. The molecule has 4 N–H and O–H groups in total. The van der Waals surface area contributed by atoms with Crippen LogP contribution in [0.5, 0.6) is 11.5 Å². The van der Waals surface area contributed by atoms with E-state index in [4.69, 9.17) is 26.8 Å². The fraction of sp³-hybridized carbons (Fsp3) is 0.406. The van der Waals surface area contributed by atoms with Gasteiger partial charge in [0.2, 0.25) is 0 Å². The fourth-order valence-corrected chi connectivity index (χ4v) is 5.81. The third-order valence-corrected chi connectivity index (χ3v) is 9.09. The molecule has 0 saturated heterocycles. The highest BCUT2D eigenvalue weighted by molar-refractivity contribution is 6.77. The Morgan fingerprint density at radius 1 is 1.17 bits per heavy atom. The number of carbonyl (C=O) groups excluding carboxylic acids is 1. The Balaban J connectivity index is 1.23. The number of alkyl halides is 3. The number of hydrogen-bond acceptors (Lipinski definition) is 7. The van der Waals surface area contributed by atoms with E-state index in [1.807, 2.05) is 0 Å². The van der Waals surface area contributed by atoms with Crippen LogP contribution >= 0.6 is 11.6 Å². The van der Waals surface area contributed by atoms with Crippen molar-refractivity contribution in [2.75, 3.05) is 18.8 Å². The van der Waals surface area contributed by atoms with E-state index in [2.05, 4.69) is 15.3 Å². The molecular formula is C32H30BClF4N4O4. The van der Waals surface area contributed by atoms with Crippen molar-refractivity contribution in [3.05, 3.63) is 64.1 Å². The Hall–Kier alpha value is -3.84. The van der Waals surface area contributed by atoms with Crippen molar-refractivity contribution in [1.82, 2.24) is 10.3 Å². The highest BCUT2D eigenvalue weighted by Gasteiger charge is 2.53. The molecule has 0 spiro atoms. The number of halogens is 5. The highest BCUT2D eigenvalue weighted by Crippen LogP contribution is 2.47. The standard InChI is InChI=1S/C32H30BClF4N4O4/c34-23-10-16(1-8-24(23)35)28-29-22(33(15-45-29)32(36,37)38)12-26(42-28)31(44,19-2-3-19)14-41-30(43)17-9-18(13-40-20-4-5-20)27(39)25(11-17)46-21-6-7-21/h1,8-13,19-21,44H,2-7,14-15,39H2,(H,41,43). The summed E-state index contributed by atoms with van der Waals surface area (Å²) in [5, 5.41) is 14.6. The Morgan fingerprint density at radius 3 is 2.59 bits per heavy atom. The third kappa shape index (κ3) is 6.14. The van der Waals surface area contributed by atoms with Crippen LogP contribution in [-0.4, -0.2) is 60.2 Å². The second-order valence-electron chi connectivity index (χ2n) is 12.5. The van der Waals surface area contributed by atoms with Gasteiger partial charge in [-0.05, 0) is 86.3 Å². The Bertz CT molecular complexity index is 1750. The van der Waals surface area contributed by atoms with Crippen molar-refractivity contribution in [3.8, 4) is 22.8 Å². The zero-order chi connectivity index (χ0) is 32.4. The number of carbonyl (C=O) groups is 1. The molecule has 8 nitrogen and oxygen atoms in total. The van der Waals surface area contributed by atoms with Gasteiger partial charge in [0.05, 0.1) is 41.6 Å². The first-order chi connectivity index (χ1) is 21.9. The van der Waals surface area contributed by atoms with Crippen LogP contribution in [0.3, 0.4) is 0 Å². The van der Waals surface area contributed by atoms with Crippen molar-refractivity contribution in [2.24, 2.45) is 10.9 Å². The van der Waals surface area contributed by atoms with Gasteiger partial charge in [-0.25, -0.2) is 9.37 Å². The van der Waals surface area contributed by atoms with E-state index in [1.165, 1.54) is 18.2 Å². The smallest absolute Gasteiger partial charge is 0.355 e. The maximum absolute atomic E-state index is 14.1. The van der Waals surface area contributed by atoms with Gasteiger partial charge in [0.15, 0.2) is 0 Å². The monoisotopic (exact) mass is 656 g/mol. The molecule has 1 aromatic heterocycles. The predicted molar refractivity (Wildman–Crippen MR) is 166 cm³/mol. The number of benzene rings is 2. The number of aromatic nitrogens is 1. The van der Waals surface area contributed by atoms with E-state index in [9.17, 15) is 27.5 Å². The molecule has 14 heteroatoms. The second-order valence-corrected chi connectivity index (χ2v) is 12.9. The molecule has 3 aromatic rings. The lowest BCUT2D eigenvalue weighted by Gasteiger charge is -2.29. The van der Waals surface area contributed by atoms with Crippen LogP contribution in [0.15, 0.2) is 41.4 Å². The summed E-state index contributed by atoms with van der Waals surface area (Å²) in [7, 11) is 0. The lowest BCUT2D eigenvalue weighted by molar-refractivity contribution is -0.0510. The van der Waals surface area contributed by atoms with Crippen LogP contribution in [0, 0.1) is 11.7 Å². The van der Waals surface area contributed by atoms with E-state index < -0.39 is 36.6 Å². The minimum Gasteiger partial charge on any atom is -0.499 e. The number of nitrogens with one attached hydrogen (secondary N) is 1. The summed E-state index contributed by atoms with van der Waals surface area (Å²) >= 11 is 6.00. The number of nitrogen functional groups attached to an aromatic ring is 1. The largest absolute Gasteiger partial charge is 0.499 e.